The average molecular weight is 343 g/mol. The lowest BCUT2D eigenvalue weighted by molar-refractivity contribution is 0.343. The first-order valence-electron chi connectivity index (χ1n) is 6.22. The van der Waals surface area contributed by atoms with Crippen molar-refractivity contribution in [2.24, 2.45) is 0 Å². The van der Waals surface area contributed by atoms with E-state index in [1.54, 1.807) is 0 Å². The van der Waals surface area contributed by atoms with Crippen molar-refractivity contribution in [3.05, 3.63) is 41.0 Å². The molecule has 9 heteroatoms. The largest absolute Gasteiger partial charge is 0.494 e. The lowest BCUT2D eigenvalue weighted by Gasteiger charge is -2.19. The van der Waals surface area contributed by atoms with Crippen LogP contribution in [0.3, 0.4) is 0 Å². The van der Waals surface area contributed by atoms with Crippen LogP contribution < -0.4 is 18.9 Å². The van der Waals surface area contributed by atoms with Gasteiger partial charge >= 0.3 is 0 Å². The fourth-order valence-corrected chi connectivity index (χ4v) is 2.07. The number of halogens is 3. The minimum Gasteiger partial charge on any atom is -0.494 e. The highest BCUT2D eigenvalue weighted by Gasteiger charge is 2.28. The molecule has 1 aromatic carbocycles. The normalized spacial score (nSPS) is 12.7. The van der Waals surface area contributed by atoms with E-state index < -0.39 is 17.2 Å². The number of ether oxygens (including phenoxy) is 4. The Balaban J connectivity index is 2.11. The van der Waals surface area contributed by atoms with Gasteiger partial charge in [0.15, 0.2) is 28.9 Å². The third-order valence-electron chi connectivity index (χ3n) is 3.01. The van der Waals surface area contributed by atoms with E-state index in [2.05, 4.69) is 9.97 Å². The number of hydrogen-bond acceptors (Lipinski definition) is 6. The third-order valence-corrected chi connectivity index (χ3v) is 3.19. The molecule has 3 rings (SSSR count). The van der Waals surface area contributed by atoms with Crippen LogP contribution in [-0.4, -0.2) is 24.2 Å². The molecule has 0 aliphatic carbocycles. The summed E-state index contributed by atoms with van der Waals surface area (Å²) in [5.41, 5.74) is -0.512. The summed E-state index contributed by atoms with van der Waals surface area (Å²) in [4.78, 5) is 7.50. The summed E-state index contributed by atoms with van der Waals surface area (Å²) >= 11 is 5.66. The van der Waals surface area contributed by atoms with Crippen LogP contribution in [0.4, 0.5) is 8.78 Å². The number of rotatable bonds is 3. The zero-order valence-electron chi connectivity index (χ0n) is 11.9. The van der Waals surface area contributed by atoms with Crippen molar-refractivity contribution in [3.63, 3.8) is 0 Å². The van der Waals surface area contributed by atoms with Gasteiger partial charge < -0.3 is 18.9 Å². The van der Waals surface area contributed by atoms with Gasteiger partial charge in [-0.15, -0.1) is 0 Å². The fraction of sp³-hybridized carbons (Fsp3) is 0.143. The first-order valence-corrected chi connectivity index (χ1v) is 6.60. The summed E-state index contributed by atoms with van der Waals surface area (Å²) in [6.07, 6.45) is 2.30. The van der Waals surface area contributed by atoms with Crippen LogP contribution in [0.2, 0.25) is 5.28 Å². The van der Waals surface area contributed by atoms with Gasteiger partial charge in [-0.2, -0.15) is 4.98 Å². The molecule has 0 radical (unpaired) electrons. The fourth-order valence-electron chi connectivity index (χ4n) is 1.95. The Morgan fingerprint density at radius 3 is 2.39 bits per heavy atom. The number of methoxy groups -OCH3 is 2. The molecule has 120 valence electrons. The minimum absolute atomic E-state index is 0.0666. The molecule has 0 spiro atoms. The maximum absolute atomic E-state index is 14.4. The molecular weight excluding hydrogens is 334 g/mol. The standard InChI is InChI=1S/C14H9ClF2N2O4/c1-20-6-3-7(21-2)12(17)10(11(6)16)9-5-22-8-4-18-14(15)19-13(8)23-9/h3-5H,1-2H3. The molecule has 1 aliphatic heterocycles. The van der Waals surface area contributed by atoms with Gasteiger partial charge in [-0.05, 0) is 11.6 Å². The Labute approximate surface area is 134 Å². The molecule has 1 aromatic heterocycles. The number of nitrogens with zero attached hydrogens (tertiary/aromatic N) is 2. The Kier molecular flexibility index (Phi) is 3.91. The summed E-state index contributed by atoms with van der Waals surface area (Å²) < 4.78 is 49.2. The summed E-state index contributed by atoms with van der Waals surface area (Å²) in [5.74, 6) is -2.52. The quantitative estimate of drug-likeness (QED) is 0.798. The Hall–Kier alpha value is -2.61. The van der Waals surface area contributed by atoms with E-state index in [0.29, 0.717) is 0 Å². The summed E-state index contributed by atoms with van der Waals surface area (Å²) in [6.45, 7) is 0. The van der Waals surface area contributed by atoms with Crippen LogP contribution in [0.1, 0.15) is 5.56 Å². The highest BCUT2D eigenvalue weighted by Crippen LogP contribution is 2.39. The van der Waals surface area contributed by atoms with Crippen molar-refractivity contribution in [1.29, 1.82) is 0 Å². The molecule has 0 bridgehead atoms. The van der Waals surface area contributed by atoms with Crippen molar-refractivity contribution in [1.82, 2.24) is 9.97 Å². The molecule has 0 N–H and O–H groups in total. The highest BCUT2D eigenvalue weighted by molar-refractivity contribution is 6.28. The smallest absolute Gasteiger partial charge is 0.267 e. The number of aromatic nitrogens is 2. The van der Waals surface area contributed by atoms with Gasteiger partial charge in [0.1, 0.15) is 6.26 Å². The molecule has 0 unspecified atom stereocenters. The maximum Gasteiger partial charge on any atom is 0.267 e. The van der Waals surface area contributed by atoms with E-state index in [-0.39, 0.29) is 34.2 Å². The first kappa shape index (κ1) is 15.3. The van der Waals surface area contributed by atoms with Gasteiger partial charge in [0, 0.05) is 6.07 Å². The minimum atomic E-state index is -0.968. The van der Waals surface area contributed by atoms with Crippen LogP contribution in [0, 0.1) is 11.6 Å². The maximum atomic E-state index is 14.4. The molecule has 2 heterocycles. The van der Waals surface area contributed by atoms with Crippen molar-refractivity contribution in [2.75, 3.05) is 14.2 Å². The highest BCUT2D eigenvalue weighted by atomic mass is 35.5. The van der Waals surface area contributed by atoms with E-state index in [0.717, 1.165) is 12.3 Å². The molecule has 0 atom stereocenters. The Morgan fingerprint density at radius 1 is 1.13 bits per heavy atom. The van der Waals surface area contributed by atoms with Gasteiger partial charge in [0.05, 0.1) is 26.0 Å². The van der Waals surface area contributed by atoms with Gasteiger partial charge in [-0.1, -0.05) is 0 Å². The predicted molar refractivity (Wildman–Crippen MR) is 75.7 cm³/mol. The van der Waals surface area contributed by atoms with Crippen LogP contribution >= 0.6 is 11.6 Å². The topological polar surface area (TPSA) is 62.7 Å². The lowest BCUT2D eigenvalue weighted by Crippen LogP contribution is -2.11. The Bertz CT molecular complexity index is 786. The van der Waals surface area contributed by atoms with Gasteiger partial charge in [-0.3, -0.25) is 0 Å². The van der Waals surface area contributed by atoms with E-state index in [4.69, 9.17) is 30.5 Å². The van der Waals surface area contributed by atoms with Crippen LogP contribution in [0.5, 0.6) is 23.1 Å². The van der Waals surface area contributed by atoms with Crippen LogP contribution in [0.25, 0.3) is 5.76 Å². The molecule has 0 amide bonds. The second-order valence-electron chi connectivity index (χ2n) is 4.29. The molecule has 0 saturated heterocycles. The molecule has 0 fully saturated rings. The summed E-state index contributed by atoms with van der Waals surface area (Å²) in [7, 11) is 2.49. The molecule has 0 saturated carbocycles. The first-order chi connectivity index (χ1) is 11.0. The second kappa shape index (κ2) is 5.88. The lowest BCUT2D eigenvalue weighted by atomic mass is 10.1. The second-order valence-corrected chi connectivity index (χ2v) is 4.63. The summed E-state index contributed by atoms with van der Waals surface area (Å²) in [6, 6.07) is 1.09. The zero-order chi connectivity index (χ0) is 16.6. The SMILES string of the molecule is COc1cc(OC)c(F)c(C2=COc3cnc(Cl)nc3O2)c1F. The molecule has 23 heavy (non-hydrogen) atoms. The van der Waals surface area contributed by atoms with Gasteiger partial charge in [0.25, 0.3) is 5.88 Å². The molecule has 2 aromatic rings. The monoisotopic (exact) mass is 342 g/mol. The summed E-state index contributed by atoms with van der Waals surface area (Å²) in [5, 5.41) is -0.0993. The Morgan fingerprint density at radius 2 is 1.78 bits per heavy atom. The van der Waals surface area contributed by atoms with Crippen molar-refractivity contribution >= 4 is 17.4 Å². The molecular formula is C14H9ClF2N2O4. The van der Waals surface area contributed by atoms with Crippen LogP contribution in [-0.2, 0) is 0 Å². The van der Waals surface area contributed by atoms with E-state index in [1.165, 1.54) is 20.4 Å². The van der Waals surface area contributed by atoms with Crippen molar-refractivity contribution < 1.29 is 27.7 Å². The molecule has 1 aliphatic rings. The van der Waals surface area contributed by atoms with Crippen LogP contribution in [0.15, 0.2) is 18.5 Å². The number of benzene rings is 1. The van der Waals surface area contributed by atoms with Gasteiger partial charge in [0.2, 0.25) is 11.0 Å². The predicted octanol–water partition coefficient (Wildman–Crippen LogP) is 3.20. The van der Waals surface area contributed by atoms with E-state index in [9.17, 15) is 8.78 Å². The van der Waals surface area contributed by atoms with Gasteiger partial charge in [-0.25, -0.2) is 13.8 Å². The number of fused-ring (bicyclic) bond motifs is 1. The molecule has 6 nitrogen and oxygen atoms in total. The van der Waals surface area contributed by atoms with E-state index >= 15 is 0 Å². The zero-order valence-corrected chi connectivity index (χ0v) is 12.6. The average Bonchev–Trinajstić information content (AvgIpc) is 2.55. The van der Waals surface area contributed by atoms with E-state index in [1.807, 2.05) is 0 Å². The number of hydrogen-bond donors (Lipinski definition) is 0. The van der Waals surface area contributed by atoms with Crippen molar-refractivity contribution in [3.8, 4) is 23.1 Å². The third kappa shape index (κ3) is 2.61. The van der Waals surface area contributed by atoms with Crippen molar-refractivity contribution in [2.45, 2.75) is 0 Å².